The monoisotopic (exact) mass is 574 g/mol. The smallest absolute Gasteiger partial charge is 0.405 e. The van der Waals surface area contributed by atoms with E-state index in [0.717, 1.165) is 5.57 Å². The minimum atomic E-state index is -0.964. The summed E-state index contributed by atoms with van der Waals surface area (Å²) in [5, 5.41) is 24.3. The number of anilines is 1. The van der Waals surface area contributed by atoms with Crippen LogP contribution in [-0.4, -0.2) is 75.1 Å². The van der Waals surface area contributed by atoms with Crippen molar-refractivity contribution in [1.82, 2.24) is 0 Å². The molecule has 41 heavy (non-hydrogen) atoms. The van der Waals surface area contributed by atoms with Gasteiger partial charge in [0.1, 0.15) is 11.9 Å². The van der Waals surface area contributed by atoms with E-state index in [4.69, 9.17) is 29.4 Å². The van der Waals surface area contributed by atoms with Gasteiger partial charge < -0.3 is 44.9 Å². The molecule has 0 fully saturated rings. The molecule has 226 valence electrons. The highest BCUT2D eigenvalue weighted by atomic mass is 16.6. The lowest BCUT2D eigenvalue weighted by atomic mass is 9.91. The summed E-state index contributed by atoms with van der Waals surface area (Å²) in [6.07, 6.45) is 5.32. The fourth-order valence-electron chi connectivity index (χ4n) is 4.82. The van der Waals surface area contributed by atoms with Crippen LogP contribution in [0.4, 0.5) is 10.5 Å². The van der Waals surface area contributed by atoms with Crippen LogP contribution in [0.1, 0.15) is 39.7 Å². The molecule has 0 aliphatic carbocycles. The van der Waals surface area contributed by atoms with Gasteiger partial charge in [-0.15, -0.1) is 0 Å². The molecule has 1 heterocycles. The van der Waals surface area contributed by atoms with Crippen LogP contribution >= 0.6 is 0 Å². The van der Waals surface area contributed by atoms with E-state index < -0.39 is 36.4 Å². The number of nitrogens with two attached hydrogens (primary N) is 1. The molecule has 2 rings (SSSR count). The number of phenolic OH excluding ortho intramolecular Hbond substituents is 2. The first-order valence-corrected chi connectivity index (χ1v) is 13.1. The number of aromatic hydroxyl groups is 2. The molecule has 0 saturated heterocycles. The Morgan fingerprint density at radius 2 is 1.76 bits per heavy atom. The topological polar surface area (TPSA) is 159 Å². The van der Waals surface area contributed by atoms with Gasteiger partial charge in [0.05, 0.1) is 30.6 Å². The number of rotatable bonds is 5. The number of nitrogens with one attached hydrogen (secondary N) is 1. The lowest BCUT2D eigenvalue weighted by molar-refractivity contribution is -0.112. The van der Waals surface area contributed by atoms with Crippen LogP contribution < -0.4 is 15.8 Å². The predicted octanol–water partition coefficient (Wildman–Crippen LogP) is 4.45. The second-order valence-corrected chi connectivity index (χ2v) is 9.92. The Balaban J connectivity index is 2.75. The van der Waals surface area contributed by atoms with Gasteiger partial charge in [-0.1, -0.05) is 36.8 Å². The van der Waals surface area contributed by atoms with E-state index in [1.165, 1.54) is 26.4 Å². The first kappa shape index (κ1) is 33.4. The SMILES string of the molecule is COc1c(O)cc2c(O)c1C=C(C)C[C@H](OC)[C@H](OC)[C@@H](C)C=C(C)[C@H](OC(N)=O)[C@@H](OC)C=CC=C(C)C(=O)N2. The summed E-state index contributed by atoms with van der Waals surface area (Å²) in [5.74, 6) is -1.22. The molecule has 5 N–H and O–H groups in total. The van der Waals surface area contributed by atoms with E-state index >= 15 is 0 Å². The highest BCUT2D eigenvalue weighted by Gasteiger charge is 2.30. The zero-order valence-electron chi connectivity index (χ0n) is 24.9. The van der Waals surface area contributed by atoms with Gasteiger partial charge in [-0.3, -0.25) is 4.79 Å². The number of benzene rings is 1. The van der Waals surface area contributed by atoms with Crippen molar-refractivity contribution in [2.45, 2.75) is 58.5 Å². The summed E-state index contributed by atoms with van der Waals surface area (Å²) < 4.78 is 28.0. The molecule has 11 heteroatoms. The second kappa shape index (κ2) is 15.3. The van der Waals surface area contributed by atoms with E-state index in [0.29, 0.717) is 12.0 Å². The largest absolute Gasteiger partial charge is 0.505 e. The number of methoxy groups -OCH3 is 4. The standard InChI is InChI=1S/C30H42N2O9/c1-16-12-20-25(34)21(15-22(33)28(20)40-8)32-29(35)17(2)10-9-11-23(37-5)27(41-30(31)36)19(4)14-18(3)26(39-7)24(13-16)38-6/h9-12,14-15,18,23-24,26-27,33-34H,13H2,1-8H3,(H2,31,36)(H,32,35)/t18-,23-,24-,26+,27-/m0/s1. The minimum absolute atomic E-state index is 0.00167. The number of ether oxygens (including phenoxy) is 5. The summed E-state index contributed by atoms with van der Waals surface area (Å²) in [5.41, 5.74) is 7.31. The Hall–Kier alpha value is -3.80. The third-order valence-corrected chi connectivity index (χ3v) is 6.89. The second-order valence-electron chi connectivity index (χ2n) is 9.92. The fourth-order valence-corrected chi connectivity index (χ4v) is 4.82. The molecule has 1 aromatic carbocycles. The number of phenols is 2. The normalized spacial score (nSPS) is 24.5. The lowest BCUT2D eigenvalue weighted by Gasteiger charge is -2.30. The Morgan fingerprint density at radius 3 is 2.32 bits per heavy atom. The number of amides is 2. The lowest BCUT2D eigenvalue weighted by Crippen LogP contribution is -2.37. The third-order valence-electron chi connectivity index (χ3n) is 6.89. The van der Waals surface area contributed by atoms with E-state index in [1.807, 2.05) is 19.9 Å². The Morgan fingerprint density at radius 1 is 1.07 bits per heavy atom. The van der Waals surface area contributed by atoms with Crippen molar-refractivity contribution < 1.29 is 43.5 Å². The quantitative estimate of drug-likeness (QED) is 0.226. The maximum absolute atomic E-state index is 12.9. The van der Waals surface area contributed by atoms with E-state index in [2.05, 4.69) is 5.32 Å². The summed E-state index contributed by atoms with van der Waals surface area (Å²) >= 11 is 0. The first-order valence-electron chi connectivity index (χ1n) is 13.1. The van der Waals surface area contributed by atoms with Crippen molar-refractivity contribution in [3.05, 3.63) is 52.7 Å². The van der Waals surface area contributed by atoms with Gasteiger partial charge in [-0.05, 0) is 38.8 Å². The molecule has 0 spiro atoms. The summed E-state index contributed by atoms with van der Waals surface area (Å²) in [7, 11) is 5.99. The van der Waals surface area contributed by atoms with Gasteiger partial charge in [-0.25, -0.2) is 4.79 Å². The highest BCUT2D eigenvalue weighted by Crippen LogP contribution is 2.43. The van der Waals surface area contributed by atoms with Gasteiger partial charge in [0, 0.05) is 38.9 Å². The Labute approximate surface area is 241 Å². The van der Waals surface area contributed by atoms with Crippen LogP contribution in [0.25, 0.3) is 6.08 Å². The minimum Gasteiger partial charge on any atom is -0.505 e. The molecule has 1 aliphatic heterocycles. The Bertz CT molecular complexity index is 1220. The van der Waals surface area contributed by atoms with Crippen LogP contribution in [0.5, 0.6) is 17.2 Å². The number of primary amides is 1. The maximum Gasteiger partial charge on any atom is 0.405 e. The molecule has 0 radical (unpaired) electrons. The van der Waals surface area contributed by atoms with Crippen LogP contribution in [-0.2, 0) is 23.7 Å². The van der Waals surface area contributed by atoms with Crippen molar-refractivity contribution >= 4 is 23.8 Å². The van der Waals surface area contributed by atoms with Gasteiger partial charge >= 0.3 is 6.09 Å². The zero-order chi connectivity index (χ0) is 30.9. The van der Waals surface area contributed by atoms with E-state index in [-0.39, 0.29) is 40.0 Å². The molecule has 11 nitrogen and oxygen atoms in total. The average molecular weight is 575 g/mol. The maximum atomic E-state index is 12.9. The molecule has 0 aromatic heterocycles. The highest BCUT2D eigenvalue weighted by molar-refractivity contribution is 6.05. The predicted molar refractivity (Wildman–Crippen MR) is 156 cm³/mol. The van der Waals surface area contributed by atoms with Crippen LogP contribution in [0.2, 0.25) is 0 Å². The first-order chi connectivity index (χ1) is 19.4. The summed E-state index contributed by atoms with van der Waals surface area (Å²) in [6.45, 7) is 7.17. The molecular formula is C30H42N2O9. The molecular weight excluding hydrogens is 532 g/mol. The van der Waals surface area contributed by atoms with Crippen LogP contribution in [0, 0.1) is 5.92 Å². The molecule has 0 unspecified atom stereocenters. The molecule has 2 bridgehead atoms. The number of hydrogen-bond acceptors (Lipinski definition) is 9. The number of carbonyl (C=O) groups excluding carboxylic acids is 2. The number of fused-ring (bicyclic) bond motifs is 2. The van der Waals surface area contributed by atoms with Crippen LogP contribution in [0.3, 0.4) is 0 Å². The molecule has 5 atom stereocenters. The average Bonchev–Trinajstić information content (AvgIpc) is 2.91. The molecule has 2 amide bonds. The van der Waals surface area contributed by atoms with Gasteiger partial charge in [0.15, 0.2) is 17.6 Å². The molecule has 1 aromatic rings. The van der Waals surface area contributed by atoms with Crippen molar-refractivity contribution in [2.75, 3.05) is 33.8 Å². The van der Waals surface area contributed by atoms with Crippen molar-refractivity contribution in [3.8, 4) is 17.2 Å². The van der Waals surface area contributed by atoms with E-state index in [9.17, 15) is 19.8 Å². The Kier molecular flexibility index (Phi) is 12.4. The van der Waals surface area contributed by atoms with Gasteiger partial charge in [0.2, 0.25) is 0 Å². The van der Waals surface area contributed by atoms with Gasteiger partial charge in [0.25, 0.3) is 5.91 Å². The number of hydrogen-bond donors (Lipinski definition) is 4. The van der Waals surface area contributed by atoms with Gasteiger partial charge in [-0.2, -0.15) is 0 Å². The van der Waals surface area contributed by atoms with Crippen molar-refractivity contribution in [3.63, 3.8) is 0 Å². The van der Waals surface area contributed by atoms with Crippen LogP contribution in [0.15, 0.2) is 47.1 Å². The van der Waals surface area contributed by atoms with E-state index in [1.54, 1.807) is 46.3 Å². The van der Waals surface area contributed by atoms with Crippen molar-refractivity contribution in [2.24, 2.45) is 11.7 Å². The third kappa shape index (κ3) is 8.59. The van der Waals surface area contributed by atoms with Crippen molar-refractivity contribution in [1.29, 1.82) is 0 Å². The summed E-state index contributed by atoms with van der Waals surface area (Å²) in [4.78, 5) is 24.7. The number of allylic oxidation sites excluding steroid dienone is 2. The molecule has 0 saturated carbocycles. The zero-order valence-corrected chi connectivity index (χ0v) is 24.9. The molecule has 1 aliphatic rings. The number of carbonyl (C=O) groups is 2. The fraction of sp³-hybridized carbons (Fsp3) is 0.467. The summed E-state index contributed by atoms with van der Waals surface area (Å²) in [6, 6.07) is 1.21.